The maximum atomic E-state index is 9.41. The second kappa shape index (κ2) is 5.07. The molecule has 0 bridgehead atoms. The molecule has 1 aliphatic carbocycles. The van der Waals surface area contributed by atoms with Crippen molar-refractivity contribution in [2.24, 2.45) is 0 Å². The topological polar surface area (TPSA) is 60.7 Å². The monoisotopic (exact) mass is 192 g/mol. The van der Waals surface area contributed by atoms with Crippen LogP contribution in [0.15, 0.2) is 0 Å². The van der Waals surface area contributed by atoms with Gasteiger partial charge in [0.05, 0.1) is 18.8 Å². The second-order valence-electron chi connectivity index (χ2n) is 3.21. The Kier molecular flexibility index (Phi) is 4.35. The Morgan fingerprint density at radius 1 is 1.42 bits per heavy atom. The minimum Gasteiger partial charge on any atom is -0.394 e. The molecule has 0 radical (unpaired) electrons. The van der Waals surface area contributed by atoms with Gasteiger partial charge in [-0.15, -0.1) is 0 Å². The van der Waals surface area contributed by atoms with E-state index >= 15 is 0 Å². The third-order valence-electron chi connectivity index (χ3n) is 2.13. The van der Waals surface area contributed by atoms with Crippen LogP contribution in [0.4, 0.5) is 0 Å². The predicted octanol–water partition coefficient (Wildman–Crippen LogP) is -0.0138. The maximum absolute atomic E-state index is 9.41. The van der Waals surface area contributed by atoms with Crippen LogP contribution < -0.4 is 0 Å². The van der Waals surface area contributed by atoms with Crippen molar-refractivity contribution in [3.8, 4) is 0 Å². The lowest BCUT2D eigenvalue weighted by molar-refractivity contribution is 0.113. The van der Waals surface area contributed by atoms with E-state index in [0.29, 0.717) is 5.75 Å². The van der Waals surface area contributed by atoms with Gasteiger partial charge in [-0.3, -0.25) is 0 Å². The van der Waals surface area contributed by atoms with Gasteiger partial charge in [0, 0.05) is 11.0 Å². The van der Waals surface area contributed by atoms with Crippen LogP contribution in [0.2, 0.25) is 0 Å². The summed E-state index contributed by atoms with van der Waals surface area (Å²) in [5, 5.41) is 27.3. The Balaban J connectivity index is 2.13. The fraction of sp³-hybridized carbons (Fsp3) is 1.00. The summed E-state index contributed by atoms with van der Waals surface area (Å²) in [5.41, 5.74) is 0. The van der Waals surface area contributed by atoms with Gasteiger partial charge in [0.1, 0.15) is 0 Å². The highest BCUT2D eigenvalue weighted by Crippen LogP contribution is 2.30. The van der Waals surface area contributed by atoms with E-state index in [-0.39, 0.29) is 18.0 Å². The van der Waals surface area contributed by atoms with E-state index in [1.54, 1.807) is 11.8 Å². The van der Waals surface area contributed by atoms with E-state index in [9.17, 15) is 5.11 Å². The molecule has 0 amide bonds. The summed E-state index contributed by atoms with van der Waals surface area (Å²) in [5.74, 6) is 0.526. The summed E-state index contributed by atoms with van der Waals surface area (Å²) in [6.07, 6.45) is 2.15. The van der Waals surface area contributed by atoms with Crippen LogP contribution in [0.5, 0.6) is 0 Å². The van der Waals surface area contributed by atoms with Gasteiger partial charge in [-0.05, 0) is 19.3 Å². The highest BCUT2D eigenvalue weighted by Gasteiger charge is 2.25. The molecule has 3 nitrogen and oxygen atoms in total. The third kappa shape index (κ3) is 2.94. The van der Waals surface area contributed by atoms with Crippen LogP contribution in [0.3, 0.4) is 0 Å². The van der Waals surface area contributed by atoms with Crippen molar-refractivity contribution in [1.29, 1.82) is 0 Å². The maximum Gasteiger partial charge on any atom is 0.0861 e. The van der Waals surface area contributed by atoms with E-state index in [1.165, 1.54) is 0 Å². The molecule has 3 unspecified atom stereocenters. The molecule has 1 saturated carbocycles. The molecule has 0 spiro atoms. The molecule has 1 rings (SSSR count). The van der Waals surface area contributed by atoms with Crippen LogP contribution in [0.1, 0.15) is 19.3 Å². The molecule has 0 aromatic carbocycles. The number of rotatable bonds is 4. The fourth-order valence-electron chi connectivity index (χ4n) is 1.39. The summed E-state index contributed by atoms with van der Waals surface area (Å²) in [4.78, 5) is 0. The first-order chi connectivity index (χ1) is 5.74. The molecule has 1 aliphatic rings. The molecule has 1 fully saturated rings. The van der Waals surface area contributed by atoms with Crippen molar-refractivity contribution < 1.29 is 15.3 Å². The number of aliphatic hydroxyl groups is 3. The molecule has 0 heterocycles. The van der Waals surface area contributed by atoms with Gasteiger partial charge in [0.25, 0.3) is 0 Å². The SMILES string of the molecule is OCC(O)CSC1CCCC1O. The summed E-state index contributed by atoms with van der Waals surface area (Å²) >= 11 is 1.56. The number of hydrogen-bond acceptors (Lipinski definition) is 4. The zero-order valence-corrected chi connectivity index (χ0v) is 7.83. The van der Waals surface area contributed by atoms with Gasteiger partial charge in [-0.2, -0.15) is 11.8 Å². The lowest BCUT2D eigenvalue weighted by Crippen LogP contribution is -2.21. The summed E-state index contributed by atoms with van der Waals surface area (Å²) in [7, 11) is 0. The normalized spacial score (nSPS) is 32.2. The first-order valence-corrected chi connectivity index (χ1v) is 5.37. The quantitative estimate of drug-likeness (QED) is 0.586. The zero-order chi connectivity index (χ0) is 8.97. The highest BCUT2D eigenvalue weighted by molar-refractivity contribution is 8.00. The van der Waals surface area contributed by atoms with Gasteiger partial charge in [0.2, 0.25) is 0 Å². The lowest BCUT2D eigenvalue weighted by atomic mass is 10.3. The van der Waals surface area contributed by atoms with E-state index in [0.717, 1.165) is 19.3 Å². The predicted molar refractivity (Wildman–Crippen MR) is 49.2 cm³/mol. The molecule has 3 N–H and O–H groups in total. The van der Waals surface area contributed by atoms with Crippen LogP contribution in [-0.4, -0.2) is 45.1 Å². The van der Waals surface area contributed by atoms with Crippen molar-refractivity contribution in [2.75, 3.05) is 12.4 Å². The minimum absolute atomic E-state index is 0.185. The van der Waals surface area contributed by atoms with Crippen LogP contribution >= 0.6 is 11.8 Å². The molecule has 12 heavy (non-hydrogen) atoms. The highest BCUT2D eigenvalue weighted by atomic mass is 32.2. The average molecular weight is 192 g/mol. The zero-order valence-electron chi connectivity index (χ0n) is 7.02. The molecule has 3 atom stereocenters. The Hall–Kier alpha value is 0.230. The molecule has 0 aliphatic heterocycles. The van der Waals surface area contributed by atoms with Crippen LogP contribution in [0.25, 0.3) is 0 Å². The van der Waals surface area contributed by atoms with E-state index < -0.39 is 6.10 Å². The lowest BCUT2D eigenvalue weighted by Gasteiger charge is -2.15. The smallest absolute Gasteiger partial charge is 0.0861 e. The van der Waals surface area contributed by atoms with E-state index in [2.05, 4.69) is 0 Å². The van der Waals surface area contributed by atoms with Gasteiger partial charge in [0.15, 0.2) is 0 Å². The van der Waals surface area contributed by atoms with Crippen molar-refractivity contribution >= 4 is 11.8 Å². The molecule has 0 aromatic heterocycles. The summed E-state index contributed by atoms with van der Waals surface area (Å²) < 4.78 is 0. The average Bonchev–Trinajstić information content (AvgIpc) is 2.47. The number of hydrogen-bond donors (Lipinski definition) is 3. The Morgan fingerprint density at radius 3 is 2.67 bits per heavy atom. The van der Waals surface area contributed by atoms with Gasteiger partial charge in [-0.1, -0.05) is 0 Å². The third-order valence-corrected chi connectivity index (χ3v) is 3.69. The van der Waals surface area contributed by atoms with Gasteiger partial charge >= 0.3 is 0 Å². The molecule has 4 heteroatoms. The molecule has 0 saturated heterocycles. The van der Waals surface area contributed by atoms with Crippen molar-refractivity contribution in [3.63, 3.8) is 0 Å². The van der Waals surface area contributed by atoms with Crippen molar-refractivity contribution in [1.82, 2.24) is 0 Å². The first kappa shape index (κ1) is 10.3. The number of thioether (sulfide) groups is 1. The minimum atomic E-state index is -0.636. The Morgan fingerprint density at radius 2 is 2.17 bits per heavy atom. The Bertz CT molecular complexity index is 131. The number of aliphatic hydroxyl groups excluding tert-OH is 3. The van der Waals surface area contributed by atoms with Gasteiger partial charge < -0.3 is 15.3 Å². The molecule has 0 aromatic rings. The molecular formula is C8H16O3S. The molecule has 72 valence electrons. The second-order valence-corrected chi connectivity index (χ2v) is 4.48. The van der Waals surface area contributed by atoms with Crippen LogP contribution in [-0.2, 0) is 0 Å². The van der Waals surface area contributed by atoms with Crippen molar-refractivity contribution in [2.45, 2.75) is 36.7 Å². The van der Waals surface area contributed by atoms with E-state index in [1.807, 2.05) is 0 Å². The standard InChI is InChI=1S/C8H16O3S/c9-4-6(10)5-12-8-3-1-2-7(8)11/h6-11H,1-5H2. The summed E-state index contributed by atoms with van der Waals surface area (Å²) in [6.45, 7) is -0.185. The molecular weight excluding hydrogens is 176 g/mol. The first-order valence-electron chi connectivity index (χ1n) is 4.32. The van der Waals surface area contributed by atoms with Gasteiger partial charge in [-0.25, -0.2) is 0 Å². The Labute approximate surface area is 76.8 Å². The summed E-state index contributed by atoms with van der Waals surface area (Å²) in [6, 6.07) is 0. The van der Waals surface area contributed by atoms with Crippen LogP contribution in [0, 0.1) is 0 Å². The van der Waals surface area contributed by atoms with Crippen molar-refractivity contribution in [3.05, 3.63) is 0 Å². The van der Waals surface area contributed by atoms with E-state index in [4.69, 9.17) is 10.2 Å². The largest absolute Gasteiger partial charge is 0.394 e. The fourth-order valence-corrected chi connectivity index (χ4v) is 2.65.